The van der Waals surface area contributed by atoms with E-state index in [0.717, 1.165) is 16.7 Å². The molecule has 1 aliphatic heterocycles. The van der Waals surface area contributed by atoms with E-state index in [9.17, 15) is 4.79 Å². The average molecular weight is 291 g/mol. The minimum absolute atomic E-state index is 0.0976. The quantitative estimate of drug-likeness (QED) is 0.629. The number of thiophene rings is 1. The van der Waals surface area contributed by atoms with Crippen LogP contribution < -0.4 is 0 Å². The fourth-order valence-electron chi connectivity index (χ4n) is 2.76. The monoisotopic (exact) mass is 291 g/mol. The van der Waals surface area contributed by atoms with E-state index in [4.69, 9.17) is 0 Å². The number of Topliss-reactive ketones (excluding diaryl/α,β-unsaturated/α-hetero) is 1. The van der Waals surface area contributed by atoms with Gasteiger partial charge in [0, 0.05) is 21.4 Å². The fourth-order valence-corrected chi connectivity index (χ4v) is 3.87. The second-order valence-electron chi connectivity index (χ2n) is 5.27. The van der Waals surface area contributed by atoms with Gasteiger partial charge in [-0.25, -0.2) is 0 Å². The molecule has 0 fully saturated rings. The maximum absolute atomic E-state index is 11.8. The van der Waals surface area contributed by atoms with Crippen molar-refractivity contribution in [3.8, 4) is 10.4 Å². The van der Waals surface area contributed by atoms with Crippen LogP contribution in [-0.2, 0) is 6.54 Å². The van der Waals surface area contributed by atoms with Crippen LogP contribution in [0.4, 0.5) is 0 Å². The smallest absolute Gasteiger partial charge is 0.159 e. The largest absolute Gasteiger partial charge is 0.295 e. The van der Waals surface area contributed by atoms with Crippen LogP contribution in [0, 0.1) is 0 Å². The lowest BCUT2D eigenvalue weighted by atomic mass is 9.97. The molecule has 0 radical (unpaired) electrons. The third kappa shape index (κ3) is 2.01. The zero-order valence-corrected chi connectivity index (χ0v) is 12.4. The first kappa shape index (κ1) is 12.5. The SMILES string of the molecule is CC(=O)c1cc2c(c(-c3cc4ccccc4s3)c1)CN=C2. The van der Waals surface area contributed by atoms with Crippen molar-refractivity contribution in [2.24, 2.45) is 4.99 Å². The number of fused-ring (bicyclic) bond motifs is 2. The highest BCUT2D eigenvalue weighted by molar-refractivity contribution is 7.22. The Hall–Kier alpha value is -2.26. The Bertz CT molecular complexity index is 872. The Morgan fingerprint density at radius 1 is 1.19 bits per heavy atom. The molecule has 0 atom stereocenters. The number of rotatable bonds is 2. The van der Waals surface area contributed by atoms with Gasteiger partial charge in [-0.15, -0.1) is 11.3 Å². The van der Waals surface area contributed by atoms with Crippen LogP contribution in [0.1, 0.15) is 28.4 Å². The molecule has 0 saturated carbocycles. The van der Waals surface area contributed by atoms with Crippen molar-refractivity contribution in [2.75, 3.05) is 0 Å². The van der Waals surface area contributed by atoms with Gasteiger partial charge in [-0.1, -0.05) is 18.2 Å². The molecule has 21 heavy (non-hydrogen) atoms. The molecule has 4 rings (SSSR count). The van der Waals surface area contributed by atoms with E-state index < -0.39 is 0 Å². The zero-order chi connectivity index (χ0) is 14.4. The summed E-state index contributed by atoms with van der Waals surface area (Å²) >= 11 is 1.77. The van der Waals surface area contributed by atoms with Crippen LogP contribution >= 0.6 is 11.3 Å². The van der Waals surface area contributed by atoms with Crippen LogP contribution in [0.15, 0.2) is 47.5 Å². The first-order chi connectivity index (χ1) is 10.2. The average Bonchev–Trinajstić information content (AvgIpc) is 3.12. The molecule has 0 amide bonds. The summed E-state index contributed by atoms with van der Waals surface area (Å²) in [6, 6.07) is 14.5. The third-order valence-corrected chi connectivity index (χ3v) is 5.01. The minimum Gasteiger partial charge on any atom is -0.295 e. The summed E-state index contributed by atoms with van der Waals surface area (Å²) < 4.78 is 1.27. The molecular weight excluding hydrogens is 278 g/mol. The van der Waals surface area contributed by atoms with Gasteiger partial charge >= 0.3 is 0 Å². The van der Waals surface area contributed by atoms with Crippen molar-refractivity contribution >= 4 is 33.4 Å². The number of carbonyl (C=O) groups excluding carboxylic acids is 1. The van der Waals surface area contributed by atoms with E-state index in [1.165, 1.54) is 20.5 Å². The number of hydrogen-bond donors (Lipinski definition) is 0. The zero-order valence-electron chi connectivity index (χ0n) is 11.6. The van der Waals surface area contributed by atoms with Crippen LogP contribution in [-0.4, -0.2) is 12.0 Å². The molecule has 102 valence electrons. The number of aliphatic imine (C=N–C) groups is 1. The van der Waals surface area contributed by atoms with E-state index in [0.29, 0.717) is 6.54 Å². The summed E-state index contributed by atoms with van der Waals surface area (Å²) in [5.41, 5.74) is 4.22. The Labute approximate surface area is 126 Å². The highest BCUT2D eigenvalue weighted by Crippen LogP contribution is 2.38. The van der Waals surface area contributed by atoms with Crippen molar-refractivity contribution < 1.29 is 4.79 Å². The molecule has 2 heterocycles. The van der Waals surface area contributed by atoms with E-state index >= 15 is 0 Å². The number of benzene rings is 2. The lowest BCUT2D eigenvalue weighted by Gasteiger charge is -2.08. The van der Waals surface area contributed by atoms with Gasteiger partial charge in [0.15, 0.2) is 5.78 Å². The first-order valence-corrected chi connectivity index (χ1v) is 7.70. The molecule has 1 aromatic heterocycles. The fraction of sp³-hybridized carbons (Fsp3) is 0.111. The predicted molar refractivity (Wildman–Crippen MR) is 88.6 cm³/mol. The highest BCUT2D eigenvalue weighted by Gasteiger charge is 2.17. The molecule has 0 spiro atoms. The number of nitrogens with zero attached hydrogens (tertiary/aromatic N) is 1. The first-order valence-electron chi connectivity index (χ1n) is 6.89. The van der Waals surface area contributed by atoms with Crippen molar-refractivity contribution in [3.63, 3.8) is 0 Å². The van der Waals surface area contributed by atoms with Gasteiger partial charge in [0.2, 0.25) is 0 Å². The molecule has 2 aromatic carbocycles. The topological polar surface area (TPSA) is 29.4 Å². The molecule has 3 heteroatoms. The Kier molecular flexibility index (Phi) is 2.76. The standard InChI is InChI=1S/C18H13NOS/c1-11(20)13-6-14-9-19-10-16(14)15(7-13)18-8-12-4-2-3-5-17(12)21-18/h2-9H,10H2,1H3. The summed E-state index contributed by atoms with van der Waals surface area (Å²) in [4.78, 5) is 17.3. The van der Waals surface area contributed by atoms with Crippen molar-refractivity contribution in [1.82, 2.24) is 0 Å². The van der Waals surface area contributed by atoms with E-state index in [-0.39, 0.29) is 5.78 Å². The Balaban J connectivity index is 1.97. The molecular formula is C18H13NOS. The van der Waals surface area contributed by atoms with Crippen molar-refractivity contribution in [2.45, 2.75) is 13.5 Å². The maximum atomic E-state index is 11.8. The summed E-state index contributed by atoms with van der Waals surface area (Å²) in [5, 5.41) is 1.25. The number of ketones is 1. The second-order valence-corrected chi connectivity index (χ2v) is 6.35. The van der Waals surface area contributed by atoms with Gasteiger partial charge in [-0.05, 0) is 53.3 Å². The van der Waals surface area contributed by atoms with E-state index in [2.05, 4.69) is 35.3 Å². The Morgan fingerprint density at radius 2 is 2.05 bits per heavy atom. The summed E-state index contributed by atoms with van der Waals surface area (Å²) in [6.07, 6.45) is 1.87. The van der Waals surface area contributed by atoms with Crippen molar-refractivity contribution in [1.29, 1.82) is 0 Å². The summed E-state index contributed by atoms with van der Waals surface area (Å²) in [5.74, 6) is 0.0976. The summed E-state index contributed by atoms with van der Waals surface area (Å²) in [7, 11) is 0. The minimum atomic E-state index is 0.0976. The second kappa shape index (κ2) is 4.64. The molecule has 0 saturated heterocycles. The van der Waals surface area contributed by atoms with Gasteiger partial charge < -0.3 is 0 Å². The molecule has 0 aliphatic carbocycles. The Morgan fingerprint density at radius 3 is 2.86 bits per heavy atom. The van der Waals surface area contributed by atoms with Gasteiger partial charge in [0.25, 0.3) is 0 Å². The molecule has 3 aromatic rings. The van der Waals surface area contributed by atoms with Crippen LogP contribution in [0.2, 0.25) is 0 Å². The van der Waals surface area contributed by atoms with E-state index in [1.807, 2.05) is 18.3 Å². The predicted octanol–water partition coefficient (Wildman–Crippen LogP) is 4.70. The lowest BCUT2D eigenvalue weighted by Crippen LogP contribution is -1.97. The highest BCUT2D eigenvalue weighted by atomic mass is 32.1. The van der Waals surface area contributed by atoms with Gasteiger partial charge in [-0.2, -0.15) is 0 Å². The summed E-state index contributed by atoms with van der Waals surface area (Å²) in [6.45, 7) is 2.32. The number of hydrogen-bond acceptors (Lipinski definition) is 3. The molecule has 0 N–H and O–H groups in total. The van der Waals surface area contributed by atoms with E-state index in [1.54, 1.807) is 18.3 Å². The molecule has 2 nitrogen and oxygen atoms in total. The van der Waals surface area contributed by atoms with Gasteiger partial charge in [0.1, 0.15) is 0 Å². The molecule has 0 unspecified atom stereocenters. The maximum Gasteiger partial charge on any atom is 0.159 e. The van der Waals surface area contributed by atoms with Crippen molar-refractivity contribution in [3.05, 3.63) is 59.2 Å². The van der Waals surface area contributed by atoms with Crippen LogP contribution in [0.5, 0.6) is 0 Å². The van der Waals surface area contributed by atoms with Gasteiger partial charge in [0.05, 0.1) is 6.54 Å². The normalized spacial score (nSPS) is 12.8. The van der Waals surface area contributed by atoms with Crippen LogP contribution in [0.3, 0.4) is 0 Å². The third-order valence-electron chi connectivity index (χ3n) is 3.86. The lowest BCUT2D eigenvalue weighted by molar-refractivity contribution is 0.101. The van der Waals surface area contributed by atoms with Gasteiger partial charge in [-0.3, -0.25) is 9.79 Å². The number of carbonyl (C=O) groups is 1. The molecule has 1 aliphatic rings. The molecule has 0 bridgehead atoms. The van der Waals surface area contributed by atoms with Crippen LogP contribution in [0.25, 0.3) is 20.5 Å².